The standard InChI is InChI=1S/C25H19BrFN3O3S/c26-19-6-9-23(24(28)13-19)17-10-16(15-4-7-22(8-5-15)34(29,32)33)11-18(12-17)25(31)30-21-3-1-2-20(27)14-21/h1-14H,28H2,(H,30,31)(H2,29,32,33). The van der Waals surface area contributed by atoms with Gasteiger partial charge in [-0.3, -0.25) is 4.79 Å². The predicted molar refractivity (Wildman–Crippen MR) is 135 cm³/mol. The Hall–Kier alpha value is -3.53. The van der Waals surface area contributed by atoms with Gasteiger partial charge in [0.15, 0.2) is 0 Å². The third-order valence-corrected chi connectivity index (χ3v) is 6.54. The molecule has 34 heavy (non-hydrogen) atoms. The van der Waals surface area contributed by atoms with Crippen molar-refractivity contribution >= 4 is 43.2 Å². The summed E-state index contributed by atoms with van der Waals surface area (Å²) < 4.78 is 37.6. The van der Waals surface area contributed by atoms with E-state index in [2.05, 4.69) is 21.2 Å². The summed E-state index contributed by atoms with van der Waals surface area (Å²) in [5.41, 5.74) is 10.1. The zero-order valence-electron chi connectivity index (χ0n) is 17.6. The van der Waals surface area contributed by atoms with Crippen molar-refractivity contribution in [2.75, 3.05) is 11.1 Å². The molecule has 0 aliphatic carbocycles. The summed E-state index contributed by atoms with van der Waals surface area (Å²) in [7, 11) is -3.84. The van der Waals surface area contributed by atoms with Crippen molar-refractivity contribution in [3.8, 4) is 22.3 Å². The number of nitrogens with one attached hydrogen (secondary N) is 1. The van der Waals surface area contributed by atoms with Gasteiger partial charge in [-0.25, -0.2) is 17.9 Å². The SMILES string of the molecule is Nc1cc(Br)ccc1-c1cc(C(=O)Nc2cccc(F)c2)cc(-c2ccc(S(N)(=O)=O)cc2)c1. The van der Waals surface area contributed by atoms with Crippen LogP contribution in [-0.2, 0) is 10.0 Å². The molecule has 0 aliphatic heterocycles. The minimum atomic E-state index is -3.84. The van der Waals surface area contributed by atoms with Crippen LogP contribution in [0.25, 0.3) is 22.3 Å². The van der Waals surface area contributed by atoms with Gasteiger partial charge in [0.25, 0.3) is 5.91 Å². The normalized spacial score (nSPS) is 11.3. The van der Waals surface area contributed by atoms with E-state index in [1.54, 1.807) is 36.4 Å². The summed E-state index contributed by atoms with van der Waals surface area (Å²) in [6, 6.07) is 22.3. The highest BCUT2D eigenvalue weighted by Crippen LogP contribution is 2.33. The van der Waals surface area contributed by atoms with Crippen LogP contribution < -0.4 is 16.2 Å². The van der Waals surface area contributed by atoms with Crippen LogP contribution in [0, 0.1) is 5.82 Å². The molecule has 0 fully saturated rings. The third-order valence-electron chi connectivity index (χ3n) is 5.12. The van der Waals surface area contributed by atoms with E-state index in [0.29, 0.717) is 39.2 Å². The molecule has 172 valence electrons. The Bertz CT molecular complexity index is 1510. The van der Waals surface area contributed by atoms with Crippen molar-refractivity contribution in [2.45, 2.75) is 4.90 Å². The lowest BCUT2D eigenvalue weighted by Gasteiger charge is -2.13. The lowest BCUT2D eigenvalue weighted by atomic mass is 9.95. The minimum Gasteiger partial charge on any atom is -0.398 e. The molecule has 4 aromatic rings. The first-order valence-corrected chi connectivity index (χ1v) is 12.3. The molecule has 9 heteroatoms. The number of nitrogen functional groups attached to an aromatic ring is 1. The van der Waals surface area contributed by atoms with Crippen LogP contribution >= 0.6 is 15.9 Å². The van der Waals surface area contributed by atoms with E-state index in [0.717, 1.165) is 4.47 Å². The second kappa shape index (κ2) is 9.38. The lowest BCUT2D eigenvalue weighted by Crippen LogP contribution is -2.12. The Labute approximate surface area is 204 Å². The number of primary sulfonamides is 1. The van der Waals surface area contributed by atoms with Crippen LogP contribution in [0.15, 0.2) is 94.3 Å². The number of rotatable bonds is 5. The Kier molecular flexibility index (Phi) is 6.52. The van der Waals surface area contributed by atoms with Gasteiger partial charge in [0.1, 0.15) is 5.82 Å². The number of carbonyl (C=O) groups is 1. The molecule has 0 atom stereocenters. The van der Waals surface area contributed by atoms with E-state index in [-0.39, 0.29) is 4.90 Å². The van der Waals surface area contributed by atoms with Crippen molar-refractivity contribution < 1.29 is 17.6 Å². The van der Waals surface area contributed by atoms with Gasteiger partial charge in [-0.2, -0.15) is 0 Å². The van der Waals surface area contributed by atoms with E-state index in [9.17, 15) is 17.6 Å². The van der Waals surface area contributed by atoms with Crippen molar-refractivity contribution in [1.82, 2.24) is 0 Å². The first-order valence-electron chi connectivity index (χ1n) is 10.0. The van der Waals surface area contributed by atoms with Gasteiger partial charge in [0.05, 0.1) is 4.90 Å². The number of benzene rings is 4. The second-order valence-corrected chi connectivity index (χ2v) is 10.0. The summed E-state index contributed by atoms with van der Waals surface area (Å²) in [5.74, 6) is -0.907. The molecule has 0 aliphatic rings. The molecule has 4 rings (SSSR count). The van der Waals surface area contributed by atoms with E-state index < -0.39 is 21.7 Å². The van der Waals surface area contributed by atoms with Crippen molar-refractivity contribution in [1.29, 1.82) is 0 Å². The molecule has 0 radical (unpaired) electrons. The monoisotopic (exact) mass is 539 g/mol. The van der Waals surface area contributed by atoms with Crippen LogP contribution in [-0.4, -0.2) is 14.3 Å². The molecule has 6 nitrogen and oxygen atoms in total. The highest BCUT2D eigenvalue weighted by molar-refractivity contribution is 9.10. The number of amides is 1. The molecule has 0 saturated heterocycles. The molecular weight excluding hydrogens is 521 g/mol. The van der Waals surface area contributed by atoms with Crippen LogP contribution in [0.2, 0.25) is 0 Å². The molecule has 0 saturated carbocycles. The number of carbonyl (C=O) groups excluding carboxylic acids is 1. The highest BCUT2D eigenvalue weighted by Gasteiger charge is 2.14. The molecule has 0 heterocycles. The molecule has 0 aromatic heterocycles. The number of hydrogen-bond acceptors (Lipinski definition) is 4. The summed E-state index contributed by atoms with van der Waals surface area (Å²) >= 11 is 3.39. The van der Waals surface area contributed by atoms with E-state index >= 15 is 0 Å². The van der Waals surface area contributed by atoms with Gasteiger partial charge in [0, 0.05) is 27.0 Å². The quantitative estimate of drug-likeness (QED) is 0.294. The van der Waals surface area contributed by atoms with Crippen molar-refractivity contribution in [3.05, 3.63) is 101 Å². The Morgan fingerprint density at radius 3 is 2.21 bits per heavy atom. The number of hydrogen-bond donors (Lipinski definition) is 3. The number of nitrogens with two attached hydrogens (primary N) is 2. The summed E-state index contributed by atoms with van der Waals surface area (Å²) in [6.45, 7) is 0. The van der Waals surface area contributed by atoms with Gasteiger partial charge in [-0.15, -0.1) is 0 Å². The van der Waals surface area contributed by atoms with Crippen molar-refractivity contribution in [3.63, 3.8) is 0 Å². The Morgan fingerprint density at radius 1 is 0.853 bits per heavy atom. The molecule has 0 unspecified atom stereocenters. The fraction of sp³-hybridized carbons (Fsp3) is 0. The molecule has 5 N–H and O–H groups in total. The van der Waals surface area contributed by atoms with Crippen LogP contribution in [0.5, 0.6) is 0 Å². The van der Waals surface area contributed by atoms with Gasteiger partial charge in [-0.1, -0.05) is 40.2 Å². The van der Waals surface area contributed by atoms with Gasteiger partial charge >= 0.3 is 0 Å². The maximum Gasteiger partial charge on any atom is 0.255 e. The van der Waals surface area contributed by atoms with Crippen LogP contribution in [0.3, 0.4) is 0 Å². The average molecular weight is 540 g/mol. The first-order chi connectivity index (χ1) is 16.1. The maximum absolute atomic E-state index is 13.6. The minimum absolute atomic E-state index is 0.0198. The van der Waals surface area contributed by atoms with E-state index in [4.69, 9.17) is 10.9 Å². The zero-order chi connectivity index (χ0) is 24.5. The molecule has 1 amide bonds. The zero-order valence-corrected chi connectivity index (χ0v) is 20.0. The van der Waals surface area contributed by atoms with Gasteiger partial charge < -0.3 is 11.1 Å². The fourth-order valence-electron chi connectivity index (χ4n) is 3.48. The average Bonchev–Trinajstić information content (AvgIpc) is 2.78. The first kappa shape index (κ1) is 23.6. The van der Waals surface area contributed by atoms with Crippen LogP contribution in [0.4, 0.5) is 15.8 Å². The molecular formula is C25H19BrFN3O3S. The molecule has 0 bridgehead atoms. The summed E-state index contributed by atoms with van der Waals surface area (Å²) in [6.07, 6.45) is 0. The van der Waals surface area contributed by atoms with Gasteiger partial charge in [0.2, 0.25) is 10.0 Å². The number of halogens is 2. The smallest absolute Gasteiger partial charge is 0.255 e. The van der Waals surface area contributed by atoms with Gasteiger partial charge in [-0.05, 0) is 77.4 Å². The van der Waals surface area contributed by atoms with Crippen LogP contribution in [0.1, 0.15) is 10.4 Å². The van der Waals surface area contributed by atoms with Crippen molar-refractivity contribution in [2.24, 2.45) is 5.14 Å². The number of anilines is 2. The number of sulfonamides is 1. The second-order valence-electron chi connectivity index (χ2n) is 7.56. The highest BCUT2D eigenvalue weighted by atomic mass is 79.9. The van der Waals surface area contributed by atoms with E-state index in [1.165, 1.54) is 30.3 Å². The maximum atomic E-state index is 13.6. The molecule has 4 aromatic carbocycles. The summed E-state index contributed by atoms with van der Waals surface area (Å²) in [5, 5.41) is 7.89. The molecule has 0 spiro atoms. The third kappa shape index (κ3) is 5.33. The largest absolute Gasteiger partial charge is 0.398 e. The Morgan fingerprint density at radius 2 is 1.56 bits per heavy atom. The lowest BCUT2D eigenvalue weighted by molar-refractivity contribution is 0.102. The predicted octanol–water partition coefficient (Wildman–Crippen LogP) is 5.40. The topological polar surface area (TPSA) is 115 Å². The Balaban J connectivity index is 1.81. The van der Waals surface area contributed by atoms with E-state index in [1.807, 2.05) is 18.2 Å². The fourth-order valence-corrected chi connectivity index (χ4v) is 4.38. The summed E-state index contributed by atoms with van der Waals surface area (Å²) in [4.78, 5) is 13.0.